The van der Waals surface area contributed by atoms with Crippen LogP contribution < -0.4 is 15.4 Å². The van der Waals surface area contributed by atoms with Crippen molar-refractivity contribution in [1.29, 1.82) is 0 Å². The van der Waals surface area contributed by atoms with Crippen molar-refractivity contribution in [1.82, 2.24) is 0 Å². The smallest absolute Gasteiger partial charge is 0.387 e. The van der Waals surface area contributed by atoms with Crippen LogP contribution in [-0.2, 0) is 0 Å². The molecule has 1 saturated heterocycles. The summed E-state index contributed by atoms with van der Waals surface area (Å²) in [4.78, 5) is 2.25. The lowest BCUT2D eigenvalue weighted by atomic mass is 9.98. The van der Waals surface area contributed by atoms with E-state index in [1.165, 1.54) is 0 Å². The SMILES string of the molecule is CC1CC(N)CCN1c1ccc(OC(F)F)cc1. The lowest BCUT2D eigenvalue weighted by molar-refractivity contribution is -0.0498. The Morgan fingerprint density at radius 2 is 2.00 bits per heavy atom. The molecular formula is C13H18F2N2O. The Bertz CT molecular complexity index is 383. The van der Waals surface area contributed by atoms with E-state index in [9.17, 15) is 8.78 Å². The van der Waals surface area contributed by atoms with Crippen LogP contribution in [0.15, 0.2) is 24.3 Å². The highest BCUT2D eigenvalue weighted by Crippen LogP contribution is 2.26. The minimum atomic E-state index is -2.78. The fourth-order valence-electron chi connectivity index (χ4n) is 2.41. The maximum Gasteiger partial charge on any atom is 0.387 e. The van der Waals surface area contributed by atoms with Gasteiger partial charge in [-0.3, -0.25) is 0 Å². The fraction of sp³-hybridized carbons (Fsp3) is 0.538. The molecule has 0 radical (unpaired) electrons. The molecule has 1 aromatic carbocycles. The molecule has 1 aromatic rings. The molecule has 18 heavy (non-hydrogen) atoms. The van der Waals surface area contributed by atoms with Crippen molar-refractivity contribution in [2.24, 2.45) is 5.73 Å². The molecular weight excluding hydrogens is 238 g/mol. The van der Waals surface area contributed by atoms with Crippen LogP contribution in [0.4, 0.5) is 14.5 Å². The maximum absolute atomic E-state index is 12.0. The molecule has 2 rings (SSSR count). The molecule has 2 unspecified atom stereocenters. The van der Waals surface area contributed by atoms with Crippen LogP contribution in [0.3, 0.4) is 0 Å². The Labute approximate surface area is 106 Å². The summed E-state index contributed by atoms with van der Waals surface area (Å²) in [6, 6.07) is 7.40. The van der Waals surface area contributed by atoms with E-state index in [1.54, 1.807) is 12.1 Å². The molecule has 1 heterocycles. The van der Waals surface area contributed by atoms with Gasteiger partial charge in [0.25, 0.3) is 0 Å². The van der Waals surface area contributed by atoms with Crippen molar-refractivity contribution in [3.63, 3.8) is 0 Å². The van der Waals surface area contributed by atoms with Crippen molar-refractivity contribution >= 4 is 5.69 Å². The van der Waals surface area contributed by atoms with Crippen molar-refractivity contribution < 1.29 is 13.5 Å². The molecule has 1 fully saturated rings. The van der Waals surface area contributed by atoms with Crippen molar-refractivity contribution in [2.45, 2.75) is 38.5 Å². The van der Waals surface area contributed by atoms with Gasteiger partial charge < -0.3 is 15.4 Å². The molecule has 1 aliphatic heterocycles. The van der Waals surface area contributed by atoms with Crippen LogP contribution in [0.5, 0.6) is 5.75 Å². The van der Waals surface area contributed by atoms with Crippen LogP contribution in [0.25, 0.3) is 0 Å². The molecule has 0 bridgehead atoms. The average Bonchev–Trinajstić information content (AvgIpc) is 2.30. The van der Waals surface area contributed by atoms with Gasteiger partial charge in [0.05, 0.1) is 0 Å². The third-order valence-corrected chi connectivity index (χ3v) is 3.31. The predicted molar refractivity (Wildman–Crippen MR) is 67.1 cm³/mol. The van der Waals surface area contributed by atoms with E-state index in [-0.39, 0.29) is 11.8 Å². The number of nitrogens with two attached hydrogens (primary N) is 1. The van der Waals surface area contributed by atoms with E-state index < -0.39 is 6.61 Å². The summed E-state index contributed by atoms with van der Waals surface area (Å²) in [5.41, 5.74) is 6.94. The molecule has 100 valence electrons. The molecule has 0 spiro atoms. The molecule has 3 nitrogen and oxygen atoms in total. The fourth-order valence-corrected chi connectivity index (χ4v) is 2.41. The first-order valence-electron chi connectivity index (χ1n) is 6.13. The van der Waals surface area contributed by atoms with Crippen LogP contribution in [0.2, 0.25) is 0 Å². The molecule has 0 aliphatic carbocycles. The zero-order valence-electron chi connectivity index (χ0n) is 10.4. The van der Waals surface area contributed by atoms with Crippen LogP contribution in [0, 0.1) is 0 Å². The van der Waals surface area contributed by atoms with Gasteiger partial charge in [0.15, 0.2) is 0 Å². The van der Waals surface area contributed by atoms with Gasteiger partial charge in [-0.15, -0.1) is 0 Å². The van der Waals surface area contributed by atoms with E-state index in [4.69, 9.17) is 5.73 Å². The zero-order chi connectivity index (χ0) is 13.1. The van der Waals surface area contributed by atoms with E-state index in [0.29, 0.717) is 6.04 Å². The highest BCUT2D eigenvalue weighted by atomic mass is 19.3. The predicted octanol–water partition coefficient (Wildman–Crippen LogP) is 2.60. The summed E-state index contributed by atoms with van der Waals surface area (Å²) in [6.45, 7) is 0.253. The van der Waals surface area contributed by atoms with Crippen molar-refractivity contribution in [2.75, 3.05) is 11.4 Å². The Hall–Kier alpha value is -1.36. The first kappa shape index (κ1) is 13.1. The Morgan fingerprint density at radius 1 is 1.33 bits per heavy atom. The summed E-state index contributed by atoms with van der Waals surface area (Å²) in [5, 5.41) is 0. The van der Waals surface area contributed by atoms with Crippen LogP contribution in [-0.4, -0.2) is 25.2 Å². The van der Waals surface area contributed by atoms with Crippen molar-refractivity contribution in [3.8, 4) is 5.75 Å². The minimum Gasteiger partial charge on any atom is -0.435 e. The van der Waals surface area contributed by atoms with E-state index in [2.05, 4.69) is 16.6 Å². The number of hydrogen-bond donors (Lipinski definition) is 1. The lowest BCUT2D eigenvalue weighted by Gasteiger charge is -2.38. The second kappa shape index (κ2) is 5.52. The van der Waals surface area contributed by atoms with Crippen LogP contribution >= 0.6 is 0 Å². The second-order valence-electron chi connectivity index (χ2n) is 4.70. The van der Waals surface area contributed by atoms with Gasteiger partial charge in [0, 0.05) is 24.3 Å². The molecule has 2 N–H and O–H groups in total. The van der Waals surface area contributed by atoms with E-state index >= 15 is 0 Å². The Morgan fingerprint density at radius 3 is 2.56 bits per heavy atom. The summed E-state index contributed by atoms with van der Waals surface area (Å²) in [5.74, 6) is 0.190. The van der Waals surface area contributed by atoms with Crippen molar-refractivity contribution in [3.05, 3.63) is 24.3 Å². The summed E-state index contributed by atoms with van der Waals surface area (Å²) < 4.78 is 28.4. The van der Waals surface area contributed by atoms with Gasteiger partial charge in [-0.05, 0) is 44.0 Å². The summed E-state index contributed by atoms with van der Waals surface area (Å²) >= 11 is 0. The third-order valence-electron chi connectivity index (χ3n) is 3.31. The van der Waals surface area contributed by atoms with Gasteiger partial charge in [-0.1, -0.05) is 0 Å². The largest absolute Gasteiger partial charge is 0.435 e. The average molecular weight is 256 g/mol. The summed E-state index contributed by atoms with van der Waals surface area (Å²) in [7, 11) is 0. The van der Waals surface area contributed by atoms with Gasteiger partial charge in [0.2, 0.25) is 0 Å². The minimum absolute atomic E-state index is 0.190. The highest BCUT2D eigenvalue weighted by molar-refractivity contribution is 5.50. The number of hydrogen-bond acceptors (Lipinski definition) is 3. The molecule has 5 heteroatoms. The first-order chi connectivity index (χ1) is 8.56. The van der Waals surface area contributed by atoms with Gasteiger partial charge in [-0.2, -0.15) is 8.78 Å². The lowest BCUT2D eigenvalue weighted by Crippen LogP contribution is -2.45. The molecule has 1 aliphatic rings. The zero-order valence-corrected chi connectivity index (χ0v) is 10.4. The quantitative estimate of drug-likeness (QED) is 0.903. The van der Waals surface area contributed by atoms with Gasteiger partial charge in [-0.25, -0.2) is 0 Å². The number of anilines is 1. The third kappa shape index (κ3) is 3.10. The topological polar surface area (TPSA) is 38.5 Å². The maximum atomic E-state index is 12.0. The van der Waals surface area contributed by atoms with Gasteiger partial charge in [0.1, 0.15) is 5.75 Å². The number of rotatable bonds is 3. The molecule has 0 saturated carbocycles. The number of benzene rings is 1. The molecule has 2 atom stereocenters. The van der Waals surface area contributed by atoms with Crippen LogP contribution in [0.1, 0.15) is 19.8 Å². The Kier molecular flexibility index (Phi) is 4.01. The Balaban J connectivity index is 2.05. The number of alkyl halides is 2. The monoisotopic (exact) mass is 256 g/mol. The molecule has 0 amide bonds. The van der Waals surface area contributed by atoms with E-state index in [1.807, 2.05) is 12.1 Å². The standard InChI is InChI=1S/C13H18F2N2O/c1-9-8-10(16)6-7-17(9)11-2-4-12(5-3-11)18-13(14)15/h2-5,9-10,13H,6-8,16H2,1H3. The second-order valence-corrected chi connectivity index (χ2v) is 4.70. The number of ether oxygens (including phenoxy) is 1. The summed E-state index contributed by atoms with van der Waals surface area (Å²) in [6.07, 6.45) is 1.91. The number of piperidine rings is 1. The van der Waals surface area contributed by atoms with Gasteiger partial charge >= 0.3 is 6.61 Å². The van der Waals surface area contributed by atoms with E-state index in [0.717, 1.165) is 25.1 Å². The highest BCUT2D eigenvalue weighted by Gasteiger charge is 2.23. The number of halogens is 2. The molecule has 0 aromatic heterocycles. The normalized spacial score (nSPS) is 24.4. The number of nitrogens with zero attached hydrogens (tertiary/aromatic N) is 1. The first-order valence-corrected chi connectivity index (χ1v) is 6.13.